The summed E-state index contributed by atoms with van der Waals surface area (Å²) in [4.78, 5) is 26.5. The molecule has 4 nitrogen and oxygen atoms in total. The standard InChI is InChI=1S/C20H26F2N2O2/c21-17-8-7-15(13-18(17)22)20(26)24-11-9-14(10-12-24)19(25)23-16-5-3-1-2-4-6-16/h7-8,13-14,16H,1-6,9-12H2,(H,23,25). The minimum absolute atomic E-state index is 0.0766. The molecule has 0 aromatic heterocycles. The Hall–Kier alpha value is -1.98. The summed E-state index contributed by atoms with van der Waals surface area (Å²) in [6.45, 7) is 0.918. The van der Waals surface area contributed by atoms with Crippen LogP contribution in [0.5, 0.6) is 0 Å². The molecule has 3 rings (SSSR count). The summed E-state index contributed by atoms with van der Waals surface area (Å²) < 4.78 is 26.3. The fourth-order valence-electron chi connectivity index (χ4n) is 3.90. The summed E-state index contributed by atoms with van der Waals surface area (Å²) in [6, 6.07) is 3.48. The Kier molecular flexibility index (Phi) is 6.22. The van der Waals surface area contributed by atoms with Gasteiger partial charge in [0.15, 0.2) is 11.6 Å². The third-order valence-corrected chi connectivity index (χ3v) is 5.52. The highest BCUT2D eigenvalue weighted by Crippen LogP contribution is 2.22. The molecule has 0 radical (unpaired) electrons. The van der Waals surface area contributed by atoms with E-state index in [0.717, 1.165) is 25.0 Å². The van der Waals surface area contributed by atoms with Gasteiger partial charge in [-0.1, -0.05) is 25.7 Å². The second kappa shape index (κ2) is 8.60. The van der Waals surface area contributed by atoms with Crippen LogP contribution in [0.3, 0.4) is 0 Å². The molecule has 2 amide bonds. The number of rotatable bonds is 3. The number of likely N-dealkylation sites (tertiary alicyclic amines) is 1. The molecule has 0 atom stereocenters. The van der Waals surface area contributed by atoms with Crippen molar-refractivity contribution >= 4 is 11.8 Å². The molecule has 1 N–H and O–H groups in total. The van der Waals surface area contributed by atoms with Crippen molar-refractivity contribution in [2.45, 2.75) is 57.4 Å². The fraction of sp³-hybridized carbons (Fsp3) is 0.600. The fourth-order valence-corrected chi connectivity index (χ4v) is 3.90. The zero-order valence-corrected chi connectivity index (χ0v) is 15.0. The van der Waals surface area contributed by atoms with Gasteiger partial charge in [0, 0.05) is 30.6 Å². The first-order valence-corrected chi connectivity index (χ1v) is 9.59. The van der Waals surface area contributed by atoms with E-state index in [4.69, 9.17) is 0 Å². The second-order valence-corrected chi connectivity index (χ2v) is 7.39. The molecule has 142 valence electrons. The molecule has 2 aliphatic rings. The van der Waals surface area contributed by atoms with E-state index in [1.54, 1.807) is 4.90 Å². The van der Waals surface area contributed by atoms with Gasteiger partial charge in [-0.05, 0) is 43.9 Å². The summed E-state index contributed by atoms with van der Waals surface area (Å²) >= 11 is 0. The molecule has 1 heterocycles. The van der Waals surface area contributed by atoms with Crippen molar-refractivity contribution in [3.05, 3.63) is 35.4 Å². The van der Waals surface area contributed by atoms with Crippen LogP contribution in [0, 0.1) is 17.6 Å². The maximum atomic E-state index is 13.3. The summed E-state index contributed by atoms with van der Waals surface area (Å²) in [5.41, 5.74) is 0.144. The van der Waals surface area contributed by atoms with E-state index in [9.17, 15) is 18.4 Å². The van der Waals surface area contributed by atoms with Crippen LogP contribution in [-0.4, -0.2) is 35.8 Å². The van der Waals surface area contributed by atoms with Crippen LogP contribution in [0.1, 0.15) is 61.7 Å². The monoisotopic (exact) mass is 364 g/mol. The minimum atomic E-state index is -1.02. The number of halogens is 2. The van der Waals surface area contributed by atoms with Gasteiger partial charge in [0.1, 0.15) is 0 Å². The Morgan fingerprint density at radius 3 is 2.19 bits per heavy atom. The highest BCUT2D eigenvalue weighted by atomic mass is 19.2. The molecule has 26 heavy (non-hydrogen) atoms. The van der Waals surface area contributed by atoms with Crippen LogP contribution in [0.15, 0.2) is 18.2 Å². The summed E-state index contributed by atoms with van der Waals surface area (Å²) in [5, 5.41) is 3.18. The normalized spacial score (nSPS) is 19.8. The molecule has 1 aromatic carbocycles. The molecule has 0 bridgehead atoms. The van der Waals surface area contributed by atoms with Crippen molar-refractivity contribution in [2.75, 3.05) is 13.1 Å². The number of piperidine rings is 1. The van der Waals surface area contributed by atoms with Crippen molar-refractivity contribution in [3.63, 3.8) is 0 Å². The molecule has 2 fully saturated rings. The van der Waals surface area contributed by atoms with E-state index in [1.807, 2.05) is 0 Å². The van der Waals surface area contributed by atoms with Crippen molar-refractivity contribution in [1.29, 1.82) is 0 Å². The number of nitrogens with zero attached hydrogens (tertiary/aromatic N) is 1. The molecule has 1 aliphatic heterocycles. The number of amides is 2. The Morgan fingerprint density at radius 1 is 0.923 bits per heavy atom. The third kappa shape index (κ3) is 4.59. The molecule has 0 spiro atoms. The third-order valence-electron chi connectivity index (χ3n) is 5.52. The van der Waals surface area contributed by atoms with Crippen LogP contribution in [0.2, 0.25) is 0 Å². The van der Waals surface area contributed by atoms with Gasteiger partial charge in [-0.15, -0.1) is 0 Å². The number of benzene rings is 1. The quantitative estimate of drug-likeness (QED) is 0.832. The summed E-state index contributed by atoms with van der Waals surface area (Å²) in [5.74, 6) is -2.28. The van der Waals surface area contributed by atoms with Gasteiger partial charge in [0.05, 0.1) is 0 Å². The Labute approximate surface area is 152 Å². The molecule has 1 aliphatic carbocycles. The van der Waals surface area contributed by atoms with Crippen molar-refractivity contribution in [2.24, 2.45) is 5.92 Å². The predicted octanol–water partition coefficient (Wildman–Crippen LogP) is 3.66. The van der Waals surface area contributed by atoms with Crippen LogP contribution in [0.25, 0.3) is 0 Å². The van der Waals surface area contributed by atoms with Crippen LogP contribution in [-0.2, 0) is 4.79 Å². The molecule has 1 saturated carbocycles. The van der Waals surface area contributed by atoms with Crippen molar-refractivity contribution in [1.82, 2.24) is 10.2 Å². The summed E-state index contributed by atoms with van der Waals surface area (Å²) in [6.07, 6.45) is 8.16. The first-order chi connectivity index (χ1) is 12.5. The highest BCUT2D eigenvalue weighted by Gasteiger charge is 2.29. The van der Waals surface area contributed by atoms with Gasteiger partial charge in [-0.25, -0.2) is 8.78 Å². The maximum Gasteiger partial charge on any atom is 0.253 e. The van der Waals surface area contributed by atoms with E-state index in [0.29, 0.717) is 25.9 Å². The smallest absolute Gasteiger partial charge is 0.253 e. The lowest BCUT2D eigenvalue weighted by Crippen LogP contribution is -2.45. The molecule has 0 unspecified atom stereocenters. The number of carbonyl (C=O) groups excluding carboxylic acids is 2. The lowest BCUT2D eigenvalue weighted by molar-refractivity contribution is -0.127. The van der Waals surface area contributed by atoms with Gasteiger partial charge < -0.3 is 10.2 Å². The Bertz CT molecular complexity index is 649. The first kappa shape index (κ1) is 18.8. The van der Waals surface area contributed by atoms with Crippen LogP contribution in [0.4, 0.5) is 8.78 Å². The molecule has 6 heteroatoms. The lowest BCUT2D eigenvalue weighted by atomic mass is 9.94. The summed E-state index contributed by atoms with van der Waals surface area (Å²) in [7, 11) is 0. The van der Waals surface area contributed by atoms with Crippen molar-refractivity contribution in [3.8, 4) is 0 Å². The van der Waals surface area contributed by atoms with E-state index in [1.165, 1.54) is 31.7 Å². The van der Waals surface area contributed by atoms with Gasteiger partial charge in [-0.2, -0.15) is 0 Å². The highest BCUT2D eigenvalue weighted by molar-refractivity contribution is 5.94. The van der Waals surface area contributed by atoms with Gasteiger partial charge in [0.2, 0.25) is 5.91 Å². The van der Waals surface area contributed by atoms with Crippen molar-refractivity contribution < 1.29 is 18.4 Å². The molecule has 1 saturated heterocycles. The number of nitrogens with one attached hydrogen (secondary N) is 1. The lowest BCUT2D eigenvalue weighted by Gasteiger charge is -2.32. The topological polar surface area (TPSA) is 49.4 Å². The van der Waals surface area contributed by atoms with Gasteiger partial charge >= 0.3 is 0 Å². The molecule has 1 aromatic rings. The second-order valence-electron chi connectivity index (χ2n) is 7.39. The number of hydrogen-bond acceptors (Lipinski definition) is 2. The zero-order valence-electron chi connectivity index (χ0n) is 15.0. The average molecular weight is 364 g/mol. The number of hydrogen-bond donors (Lipinski definition) is 1. The minimum Gasteiger partial charge on any atom is -0.353 e. The maximum absolute atomic E-state index is 13.3. The van der Waals surface area contributed by atoms with E-state index in [-0.39, 0.29) is 29.3 Å². The molecular formula is C20H26F2N2O2. The average Bonchev–Trinajstić information content (AvgIpc) is 2.92. The first-order valence-electron chi connectivity index (χ1n) is 9.59. The van der Waals surface area contributed by atoms with E-state index >= 15 is 0 Å². The van der Waals surface area contributed by atoms with E-state index in [2.05, 4.69) is 5.32 Å². The largest absolute Gasteiger partial charge is 0.353 e. The SMILES string of the molecule is O=C(NC1CCCCCC1)C1CCN(C(=O)c2ccc(F)c(F)c2)CC1. The molecular weight excluding hydrogens is 338 g/mol. The van der Waals surface area contributed by atoms with Gasteiger partial charge in [0.25, 0.3) is 5.91 Å². The van der Waals surface area contributed by atoms with E-state index < -0.39 is 11.6 Å². The Morgan fingerprint density at radius 2 is 1.58 bits per heavy atom. The zero-order chi connectivity index (χ0) is 18.5. The Balaban J connectivity index is 1.50. The predicted molar refractivity (Wildman–Crippen MR) is 94.6 cm³/mol. The van der Waals surface area contributed by atoms with Gasteiger partial charge in [-0.3, -0.25) is 9.59 Å². The van der Waals surface area contributed by atoms with Crippen LogP contribution < -0.4 is 5.32 Å². The van der Waals surface area contributed by atoms with Crippen LogP contribution >= 0.6 is 0 Å². The number of carbonyl (C=O) groups is 2.